The average Bonchev–Trinajstić information content (AvgIpc) is 2.39. The zero-order valence-electron chi connectivity index (χ0n) is 11.4. The van der Waals surface area contributed by atoms with Crippen LogP contribution in [0.3, 0.4) is 0 Å². The number of benzene rings is 1. The van der Waals surface area contributed by atoms with Crippen LogP contribution in [0.1, 0.15) is 30.5 Å². The van der Waals surface area contributed by atoms with Crippen molar-refractivity contribution in [3.63, 3.8) is 0 Å². The smallest absolute Gasteiger partial charge is 0.399 e. The first-order valence-corrected chi connectivity index (χ1v) is 6.47. The van der Waals surface area contributed by atoms with E-state index in [0.717, 1.165) is 12.1 Å². The highest BCUT2D eigenvalue weighted by Gasteiger charge is 2.31. The Labute approximate surface area is 120 Å². The summed E-state index contributed by atoms with van der Waals surface area (Å²) in [6, 6.07) is 3.13. The van der Waals surface area contributed by atoms with Gasteiger partial charge in [-0.2, -0.15) is 13.2 Å². The number of alkyl halides is 3. The molecule has 21 heavy (non-hydrogen) atoms. The lowest BCUT2D eigenvalue weighted by Crippen LogP contribution is -2.38. The fourth-order valence-corrected chi connectivity index (χ4v) is 2.08. The van der Waals surface area contributed by atoms with E-state index in [1.807, 2.05) is 0 Å². The third kappa shape index (κ3) is 3.98. The largest absolute Gasteiger partial charge is 0.416 e. The molecule has 0 spiro atoms. The van der Waals surface area contributed by atoms with Crippen LogP contribution in [0.4, 0.5) is 18.9 Å². The third-order valence-electron chi connectivity index (χ3n) is 3.20. The van der Waals surface area contributed by atoms with Crippen LogP contribution in [0.25, 0.3) is 0 Å². The number of hydrazine groups is 1. The normalized spacial score (nSPS) is 17.1. The lowest BCUT2D eigenvalue weighted by atomic mass is 10.0. The number of nitrogen functional groups attached to an aromatic ring is 1. The van der Waals surface area contributed by atoms with Crippen LogP contribution in [0.5, 0.6) is 0 Å². The third-order valence-corrected chi connectivity index (χ3v) is 3.20. The molecule has 1 aromatic rings. The molecule has 0 aliphatic carbocycles. The minimum atomic E-state index is -4.43. The molecule has 0 radical (unpaired) electrons. The Morgan fingerprint density at radius 3 is 2.62 bits per heavy atom. The van der Waals surface area contributed by atoms with Gasteiger partial charge in [0.25, 0.3) is 0 Å². The lowest BCUT2D eigenvalue weighted by Gasteiger charge is -2.28. The van der Waals surface area contributed by atoms with Gasteiger partial charge in [-0.15, -0.1) is 0 Å². The van der Waals surface area contributed by atoms with Crippen LogP contribution >= 0.6 is 0 Å². The van der Waals surface area contributed by atoms with Gasteiger partial charge in [-0.05, 0) is 36.8 Å². The average molecular weight is 299 g/mol. The number of halogens is 3. The summed E-state index contributed by atoms with van der Waals surface area (Å²) in [5.41, 5.74) is 8.32. The minimum absolute atomic E-state index is 0.0315. The molecule has 0 saturated heterocycles. The Morgan fingerprint density at radius 1 is 1.33 bits per heavy atom. The second-order valence-electron chi connectivity index (χ2n) is 4.96. The zero-order chi connectivity index (χ0) is 15.6. The van der Waals surface area contributed by atoms with Crippen molar-refractivity contribution >= 4 is 11.5 Å². The molecule has 0 bridgehead atoms. The van der Waals surface area contributed by atoms with Crippen molar-refractivity contribution in [3.8, 4) is 0 Å². The van der Waals surface area contributed by atoms with Crippen molar-refractivity contribution < 1.29 is 18.0 Å². The number of nitrogens with two attached hydrogens (primary N) is 1. The number of rotatable bonds is 3. The summed E-state index contributed by atoms with van der Waals surface area (Å²) in [5.74, 6) is 0.0315. The summed E-state index contributed by atoms with van der Waals surface area (Å²) in [5, 5.41) is 1.68. The van der Waals surface area contributed by atoms with Crippen LogP contribution < -0.4 is 11.2 Å². The lowest BCUT2D eigenvalue weighted by molar-refractivity contribution is -0.137. The van der Waals surface area contributed by atoms with E-state index >= 15 is 0 Å². The van der Waals surface area contributed by atoms with E-state index < -0.39 is 11.7 Å². The molecule has 0 saturated carbocycles. The molecule has 0 amide bonds. The topological polar surface area (TPSA) is 58.4 Å². The van der Waals surface area contributed by atoms with Crippen LogP contribution in [0.15, 0.2) is 30.5 Å². The summed E-state index contributed by atoms with van der Waals surface area (Å²) in [6.45, 7) is 2.22. The Hall–Kier alpha value is -2.02. The number of hydrogen-bond donors (Lipinski definition) is 2. The number of hydrogen-bond acceptors (Lipinski definition) is 4. The van der Waals surface area contributed by atoms with Gasteiger partial charge in [-0.25, -0.2) is 5.43 Å². The first kappa shape index (κ1) is 15.4. The van der Waals surface area contributed by atoms with E-state index in [1.165, 1.54) is 12.1 Å². The zero-order valence-corrected chi connectivity index (χ0v) is 11.4. The quantitative estimate of drug-likeness (QED) is 0.842. The number of anilines is 1. The van der Waals surface area contributed by atoms with Gasteiger partial charge in [0.2, 0.25) is 0 Å². The van der Waals surface area contributed by atoms with E-state index in [1.54, 1.807) is 18.1 Å². The van der Waals surface area contributed by atoms with Crippen molar-refractivity contribution in [1.29, 1.82) is 0 Å². The number of allylic oxidation sites excluding steroid dienone is 1. The number of nitrogens with one attached hydrogen (secondary N) is 1. The minimum Gasteiger partial charge on any atom is -0.399 e. The molecule has 1 atom stereocenters. The molecule has 1 aliphatic heterocycles. The molecule has 114 valence electrons. The molecule has 7 heteroatoms. The molecule has 4 nitrogen and oxygen atoms in total. The molecule has 3 N–H and O–H groups in total. The number of ketones is 1. The second-order valence-corrected chi connectivity index (χ2v) is 4.96. The Morgan fingerprint density at radius 2 is 2.05 bits per heavy atom. The molecule has 1 unspecified atom stereocenters. The van der Waals surface area contributed by atoms with E-state index in [4.69, 9.17) is 5.73 Å². The van der Waals surface area contributed by atoms with Gasteiger partial charge in [-0.3, -0.25) is 4.79 Å². The standard InChI is InChI=1S/C14H16F3N3O/c1-9(19-20-4-2-13(21)3-5-20)10-6-11(14(15,16)17)8-12(18)7-10/h2,4,6-9,19H,3,5,18H2,1H3. The number of nitrogens with zero attached hydrogens (tertiary/aromatic N) is 1. The maximum atomic E-state index is 12.8. The molecular weight excluding hydrogens is 283 g/mol. The van der Waals surface area contributed by atoms with Gasteiger partial charge in [0.15, 0.2) is 5.78 Å². The fourth-order valence-electron chi connectivity index (χ4n) is 2.08. The molecule has 0 aromatic heterocycles. The van der Waals surface area contributed by atoms with E-state index in [9.17, 15) is 18.0 Å². The summed E-state index contributed by atoms with van der Waals surface area (Å²) in [7, 11) is 0. The van der Waals surface area contributed by atoms with Crippen LogP contribution in [-0.2, 0) is 11.0 Å². The summed E-state index contributed by atoms with van der Waals surface area (Å²) >= 11 is 0. The van der Waals surface area contributed by atoms with Crippen LogP contribution in [0, 0.1) is 0 Å². The maximum Gasteiger partial charge on any atom is 0.416 e. The van der Waals surface area contributed by atoms with Crippen molar-refractivity contribution in [1.82, 2.24) is 10.4 Å². The van der Waals surface area contributed by atoms with Gasteiger partial charge in [-0.1, -0.05) is 0 Å². The van der Waals surface area contributed by atoms with Gasteiger partial charge in [0.05, 0.1) is 5.56 Å². The Kier molecular flexibility index (Phi) is 4.22. The molecular formula is C14H16F3N3O. The summed E-state index contributed by atoms with van der Waals surface area (Å²) in [6.07, 6.45) is -1.04. The molecule has 2 rings (SSSR count). The van der Waals surface area contributed by atoms with Crippen molar-refractivity contribution in [2.45, 2.75) is 25.6 Å². The summed E-state index contributed by atoms with van der Waals surface area (Å²) in [4.78, 5) is 11.1. The van der Waals surface area contributed by atoms with Gasteiger partial charge in [0.1, 0.15) is 0 Å². The highest BCUT2D eigenvalue weighted by molar-refractivity contribution is 5.90. The second kappa shape index (κ2) is 5.77. The SMILES string of the molecule is CC(NN1C=CC(=O)CC1)c1cc(N)cc(C(F)(F)F)c1. The summed E-state index contributed by atoms with van der Waals surface area (Å²) < 4.78 is 38.3. The van der Waals surface area contributed by atoms with E-state index in [-0.39, 0.29) is 17.5 Å². The maximum absolute atomic E-state index is 12.8. The van der Waals surface area contributed by atoms with Gasteiger partial charge < -0.3 is 10.7 Å². The van der Waals surface area contributed by atoms with Crippen LogP contribution in [-0.4, -0.2) is 17.3 Å². The first-order valence-electron chi connectivity index (χ1n) is 6.47. The van der Waals surface area contributed by atoms with E-state index in [2.05, 4.69) is 5.43 Å². The van der Waals surface area contributed by atoms with E-state index in [0.29, 0.717) is 18.5 Å². The molecule has 0 fully saturated rings. The monoisotopic (exact) mass is 299 g/mol. The van der Waals surface area contributed by atoms with Crippen molar-refractivity contribution in [2.75, 3.05) is 12.3 Å². The van der Waals surface area contributed by atoms with Gasteiger partial charge >= 0.3 is 6.18 Å². The van der Waals surface area contributed by atoms with Gasteiger partial charge in [0, 0.05) is 30.9 Å². The Balaban J connectivity index is 2.15. The predicted octanol–water partition coefficient (Wildman–Crippen LogP) is 2.64. The fraction of sp³-hybridized carbons (Fsp3) is 0.357. The van der Waals surface area contributed by atoms with Crippen LogP contribution in [0.2, 0.25) is 0 Å². The highest BCUT2D eigenvalue weighted by atomic mass is 19.4. The Bertz CT molecular complexity index is 569. The number of carbonyl (C=O) groups excluding carboxylic acids is 1. The number of carbonyl (C=O) groups is 1. The van der Waals surface area contributed by atoms with Crippen molar-refractivity contribution in [3.05, 3.63) is 41.6 Å². The molecule has 1 aromatic carbocycles. The molecule has 1 aliphatic rings. The molecule has 1 heterocycles. The first-order chi connectivity index (χ1) is 9.75. The predicted molar refractivity (Wildman–Crippen MR) is 72.9 cm³/mol. The highest BCUT2D eigenvalue weighted by Crippen LogP contribution is 2.32. The van der Waals surface area contributed by atoms with Crippen molar-refractivity contribution in [2.24, 2.45) is 0 Å².